The predicted molar refractivity (Wildman–Crippen MR) is 72.9 cm³/mol. The lowest BCUT2D eigenvalue weighted by molar-refractivity contribution is 0.0932. The highest BCUT2D eigenvalue weighted by Gasteiger charge is 2.02. The number of hydrogen-bond acceptors (Lipinski definition) is 1. The molecule has 1 nitrogen and oxygen atoms in total. The second-order valence-corrected chi connectivity index (χ2v) is 4.88. The average molecular weight is 228 g/mol. The van der Waals surface area contributed by atoms with Gasteiger partial charge in [-0.3, -0.25) is 0 Å². The second kappa shape index (κ2) is 13.0. The van der Waals surface area contributed by atoms with Gasteiger partial charge in [0.05, 0.1) is 0 Å². The van der Waals surface area contributed by atoms with Crippen molar-refractivity contribution >= 4 is 0 Å². The van der Waals surface area contributed by atoms with Crippen LogP contribution in [0.5, 0.6) is 0 Å². The Balaban J connectivity index is 3.03. The maximum atomic E-state index is 5.71. The summed E-state index contributed by atoms with van der Waals surface area (Å²) in [5.41, 5.74) is 0. The first-order chi connectivity index (χ1) is 7.85. The van der Waals surface area contributed by atoms with Crippen LogP contribution in [-0.2, 0) is 4.74 Å². The fraction of sp³-hybridized carbons (Fsp3) is 1.00. The van der Waals surface area contributed by atoms with Crippen LogP contribution in [0.4, 0.5) is 0 Å². The molecule has 0 aliphatic carbocycles. The van der Waals surface area contributed by atoms with E-state index in [4.69, 9.17) is 4.74 Å². The molecule has 0 rings (SSSR count). The van der Waals surface area contributed by atoms with Crippen LogP contribution in [0.15, 0.2) is 0 Å². The number of hydrogen-bond donors (Lipinski definition) is 0. The Hall–Kier alpha value is -0.0400. The Bertz CT molecular complexity index is 119. The molecule has 0 aliphatic heterocycles. The number of ether oxygens (including phenoxy) is 1. The summed E-state index contributed by atoms with van der Waals surface area (Å²) >= 11 is 0. The Morgan fingerprint density at radius 2 is 1.31 bits per heavy atom. The molecule has 0 saturated heterocycles. The molecule has 0 unspecified atom stereocenters. The Kier molecular flexibility index (Phi) is 13.0. The van der Waals surface area contributed by atoms with E-state index < -0.39 is 0 Å². The third-order valence-electron chi connectivity index (χ3n) is 3.40. The minimum absolute atomic E-state index is 0.782. The summed E-state index contributed by atoms with van der Waals surface area (Å²) in [5.74, 6) is 0.782. The predicted octanol–water partition coefficient (Wildman–Crippen LogP) is 5.19. The first-order valence-electron chi connectivity index (χ1n) is 7.42. The minimum Gasteiger partial charge on any atom is -0.381 e. The summed E-state index contributed by atoms with van der Waals surface area (Å²) in [5, 5.41) is 0. The molecule has 0 atom stereocenters. The number of unbranched alkanes of at least 4 members (excludes halogenated alkanes) is 6. The van der Waals surface area contributed by atoms with Gasteiger partial charge in [0.2, 0.25) is 0 Å². The Morgan fingerprint density at radius 1 is 0.750 bits per heavy atom. The first kappa shape index (κ1) is 16.0. The van der Waals surface area contributed by atoms with E-state index in [9.17, 15) is 0 Å². The topological polar surface area (TPSA) is 9.23 Å². The zero-order valence-electron chi connectivity index (χ0n) is 11.8. The van der Waals surface area contributed by atoms with Crippen molar-refractivity contribution in [2.45, 2.75) is 78.6 Å². The molecule has 0 bridgehead atoms. The highest BCUT2D eigenvalue weighted by atomic mass is 16.5. The van der Waals surface area contributed by atoms with Crippen LogP contribution < -0.4 is 0 Å². The fourth-order valence-corrected chi connectivity index (χ4v) is 1.94. The van der Waals surface area contributed by atoms with Gasteiger partial charge in [-0.15, -0.1) is 0 Å². The molecule has 16 heavy (non-hydrogen) atoms. The van der Waals surface area contributed by atoms with Gasteiger partial charge in [-0.1, -0.05) is 72.1 Å². The molecule has 0 radical (unpaired) electrons. The van der Waals surface area contributed by atoms with Crippen LogP contribution in [0.25, 0.3) is 0 Å². The quantitative estimate of drug-likeness (QED) is 0.418. The van der Waals surface area contributed by atoms with Crippen molar-refractivity contribution in [2.24, 2.45) is 5.92 Å². The van der Waals surface area contributed by atoms with E-state index in [1.165, 1.54) is 57.8 Å². The maximum absolute atomic E-state index is 5.71. The lowest BCUT2D eigenvalue weighted by atomic mass is 10.1. The molecular weight excluding hydrogens is 196 g/mol. The molecular formula is C15H32O. The zero-order chi connectivity index (χ0) is 12.1. The molecule has 0 N–H and O–H groups in total. The van der Waals surface area contributed by atoms with Crippen LogP contribution in [-0.4, -0.2) is 13.2 Å². The lowest BCUT2D eigenvalue weighted by Gasteiger charge is -2.12. The molecule has 0 aromatic heterocycles. The van der Waals surface area contributed by atoms with Crippen LogP contribution in [0.2, 0.25) is 0 Å². The molecule has 0 fully saturated rings. The van der Waals surface area contributed by atoms with Crippen molar-refractivity contribution < 1.29 is 4.74 Å². The summed E-state index contributed by atoms with van der Waals surface area (Å²) in [6.07, 6.45) is 12.1. The van der Waals surface area contributed by atoms with Crippen LogP contribution >= 0.6 is 0 Å². The van der Waals surface area contributed by atoms with Crippen LogP contribution in [0, 0.1) is 5.92 Å². The maximum Gasteiger partial charge on any atom is 0.0494 e. The minimum atomic E-state index is 0.782. The van der Waals surface area contributed by atoms with Gasteiger partial charge >= 0.3 is 0 Å². The highest BCUT2D eigenvalue weighted by Crippen LogP contribution is 2.09. The summed E-state index contributed by atoms with van der Waals surface area (Å²) in [6, 6.07) is 0. The summed E-state index contributed by atoms with van der Waals surface area (Å²) in [7, 11) is 0. The number of rotatable bonds is 12. The molecule has 0 amide bonds. The van der Waals surface area contributed by atoms with Crippen molar-refractivity contribution in [1.29, 1.82) is 0 Å². The van der Waals surface area contributed by atoms with E-state index in [0.717, 1.165) is 19.1 Å². The van der Waals surface area contributed by atoms with Crippen molar-refractivity contribution in [3.05, 3.63) is 0 Å². The van der Waals surface area contributed by atoms with E-state index in [-0.39, 0.29) is 0 Å². The standard InChI is InChI=1S/C15H32O/c1-4-7-8-9-10-11-12-13-16-14-15(5-2)6-3/h15H,4-14H2,1-3H3. The van der Waals surface area contributed by atoms with Gasteiger partial charge in [0.15, 0.2) is 0 Å². The summed E-state index contributed by atoms with van der Waals surface area (Å²) < 4.78 is 5.71. The third-order valence-corrected chi connectivity index (χ3v) is 3.40. The smallest absolute Gasteiger partial charge is 0.0494 e. The van der Waals surface area contributed by atoms with E-state index in [1.807, 2.05) is 0 Å². The molecule has 98 valence electrons. The third kappa shape index (κ3) is 10.5. The summed E-state index contributed by atoms with van der Waals surface area (Å²) in [6.45, 7) is 8.73. The molecule has 0 aromatic carbocycles. The van der Waals surface area contributed by atoms with E-state index in [0.29, 0.717) is 0 Å². The molecule has 0 aliphatic rings. The van der Waals surface area contributed by atoms with Crippen LogP contribution in [0.1, 0.15) is 78.6 Å². The lowest BCUT2D eigenvalue weighted by Crippen LogP contribution is -2.08. The average Bonchev–Trinajstić information content (AvgIpc) is 2.32. The van der Waals surface area contributed by atoms with Gasteiger partial charge in [0.1, 0.15) is 0 Å². The zero-order valence-corrected chi connectivity index (χ0v) is 11.8. The van der Waals surface area contributed by atoms with Gasteiger partial charge in [0.25, 0.3) is 0 Å². The largest absolute Gasteiger partial charge is 0.381 e. The monoisotopic (exact) mass is 228 g/mol. The molecule has 0 spiro atoms. The van der Waals surface area contributed by atoms with Crippen LogP contribution in [0.3, 0.4) is 0 Å². The molecule has 1 heteroatoms. The normalized spacial score (nSPS) is 11.2. The second-order valence-electron chi connectivity index (χ2n) is 4.88. The Morgan fingerprint density at radius 3 is 1.88 bits per heavy atom. The van der Waals surface area contributed by atoms with Crippen molar-refractivity contribution in [2.75, 3.05) is 13.2 Å². The first-order valence-corrected chi connectivity index (χ1v) is 7.42. The molecule has 0 heterocycles. The fourth-order valence-electron chi connectivity index (χ4n) is 1.94. The van der Waals surface area contributed by atoms with Gasteiger partial charge in [-0.25, -0.2) is 0 Å². The SMILES string of the molecule is CCCCCCCCCOCC(CC)CC. The van der Waals surface area contributed by atoms with E-state index in [2.05, 4.69) is 20.8 Å². The van der Waals surface area contributed by atoms with Gasteiger partial charge in [0, 0.05) is 13.2 Å². The highest BCUT2D eigenvalue weighted by molar-refractivity contribution is 4.52. The van der Waals surface area contributed by atoms with E-state index >= 15 is 0 Å². The van der Waals surface area contributed by atoms with E-state index in [1.54, 1.807) is 0 Å². The van der Waals surface area contributed by atoms with Gasteiger partial charge < -0.3 is 4.74 Å². The van der Waals surface area contributed by atoms with Crippen molar-refractivity contribution in [1.82, 2.24) is 0 Å². The van der Waals surface area contributed by atoms with Crippen molar-refractivity contribution in [3.8, 4) is 0 Å². The molecule has 0 aromatic rings. The van der Waals surface area contributed by atoms with Crippen molar-refractivity contribution in [3.63, 3.8) is 0 Å². The summed E-state index contributed by atoms with van der Waals surface area (Å²) in [4.78, 5) is 0. The van der Waals surface area contributed by atoms with Gasteiger partial charge in [-0.05, 0) is 12.3 Å². The van der Waals surface area contributed by atoms with Gasteiger partial charge in [-0.2, -0.15) is 0 Å². The molecule has 0 saturated carbocycles. The Labute approximate surface area is 103 Å².